The monoisotopic (exact) mass is 323 g/mol. The van der Waals surface area contributed by atoms with Crippen molar-refractivity contribution in [2.24, 2.45) is 0 Å². The van der Waals surface area contributed by atoms with Crippen molar-refractivity contribution in [3.05, 3.63) is 65.1 Å². The molecule has 1 amide bonds. The van der Waals surface area contributed by atoms with Gasteiger partial charge >= 0.3 is 0 Å². The van der Waals surface area contributed by atoms with Gasteiger partial charge in [0.25, 0.3) is 5.91 Å². The Kier molecular flexibility index (Phi) is 4.62. The first-order valence-electron chi connectivity index (χ1n) is 7.98. The van der Waals surface area contributed by atoms with Crippen LogP contribution in [0.5, 0.6) is 0 Å². The lowest BCUT2D eigenvalue weighted by molar-refractivity contribution is 0.0708. The van der Waals surface area contributed by atoms with E-state index in [0.29, 0.717) is 12.1 Å². The van der Waals surface area contributed by atoms with Crippen molar-refractivity contribution >= 4 is 16.8 Å². The van der Waals surface area contributed by atoms with E-state index < -0.39 is 0 Å². The lowest BCUT2D eigenvalue weighted by Gasteiger charge is -2.22. The molecular weight excluding hydrogens is 302 g/mol. The zero-order chi connectivity index (χ0) is 17.1. The number of carbonyl (C=O) groups is 1. The van der Waals surface area contributed by atoms with Gasteiger partial charge in [0.1, 0.15) is 0 Å². The minimum absolute atomic E-state index is 0.0729. The average Bonchev–Trinajstić information content (AvgIpc) is 2.89. The summed E-state index contributed by atoms with van der Waals surface area (Å²) in [6, 6.07) is 9.45. The van der Waals surface area contributed by atoms with E-state index in [-0.39, 0.29) is 19.1 Å². The van der Waals surface area contributed by atoms with Gasteiger partial charge in [-0.05, 0) is 49.2 Å². The molecule has 5 heteroatoms. The van der Waals surface area contributed by atoms with Gasteiger partial charge in [-0.2, -0.15) is 0 Å². The maximum absolute atomic E-state index is 12.9. The van der Waals surface area contributed by atoms with E-state index in [0.717, 1.165) is 27.7 Å². The summed E-state index contributed by atoms with van der Waals surface area (Å²) in [5, 5.41) is 10.4. The quantitative estimate of drug-likeness (QED) is 0.758. The summed E-state index contributed by atoms with van der Waals surface area (Å²) in [6.07, 6.45) is 3.44. The largest absolute Gasteiger partial charge is 0.395 e. The number of hydrogen-bond acceptors (Lipinski definition) is 3. The highest BCUT2D eigenvalue weighted by atomic mass is 16.3. The van der Waals surface area contributed by atoms with Crippen molar-refractivity contribution in [2.75, 3.05) is 13.2 Å². The minimum Gasteiger partial charge on any atom is -0.395 e. The van der Waals surface area contributed by atoms with Crippen LogP contribution >= 0.6 is 0 Å². The number of fused-ring (bicyclic) bond motifs is 1. The molecule has 0 aliphatic carbocycles. The second-order valence-electron chi connectivity index (χ2n) is 5.95. The number of aromatic nitrogens is 2. The van der Waals surface area contributed by atoms with Crippen molar-refractivity contribution in [2.45, 2.75) is 20.4 Å². The number of aliphatic hydroxyl groups is 1. The molecule has 2 N–H and O–H groups in total. The van der Waals surface area contributed by atoms with Crippen LogP contribution in [0.4, 0.5) is 0 Å². The van der Waals surface area contributed by atoms with Gasteiger partial charge in [0.15, 0.2) is 0 Å². The van der Waals surface area contributed by atoms with Crippen molar-refractivity contribution in [3.63, 3.8) is 0 Å². The third-order valence-electron chi connectivity index (χ3n) is 4.31. The fourth-order valence-electron chi connectivity index (χ4n) is 2.86. The number of hydrogen-bond donors (Lipinski definition) is 2. The van der Waals surface area contributed by atoms with Gasteiger partial charge in [-0.1, -0.05) is 6.07 Å². The third kappa shape index (κ3) is 3.16. The number of carbonyl (C=O) groups excluding carboxylic acids is 1. The molecule has 0 aliphatic heterocycles. The van der Waals surface area contributed by atoms with Gasteiger partial charge in [-0.25, -0.2) is 0 Å². The number of benzene rings is 1. The van der Waals surface area contributed by atoms with E-state index in [9.17, 15) is 9.90 Å². The molecule has 0 saturated carbocycles. The number of nitrogens with one attached hydrogen (secondary N) is 1. The smallest absolute Gasteiger partial charge is 0.254 e. The molecule has 0 unspecified atom stereocenters. The van der Waals surface area contributed by atoms with Crippen LogP contribution in [0.25, 0.3) is 10.9 Å². The highest BCUT2D eigenvalue weighted by molar-refractivity contribution is 5.99. The molecule has 24 heavy (non-hydrogen) atoms. The zero-order valence-corrected chi connectivity index (χ0v) is 13.9. The summed E-state index contributed by atoms with van der Waals surface area (Å²) in [5.74, 6) is -0.0898. The average molecular weight is 323 g/mol. The number of aromatic amines is 1. The molecule has 3 rings (SSSR count). The Morgan fingerprint density at radius 2 is 2.12 bits per heavy atom. The van der Waals surface area contributed by atoms with Crippen LogP contribution in [0.1, 0.15) is 27.2 Å². The maximum atomic E-state index is 12.9. The van der Waals surface area contributed by atoms with Crippen molar-refractivity contribution in [1.29, 1.82) is 0 Å². The Labute approximate surface area is 141 Å². The first-order valence-corrected chi connectivity index (χ1v) is 7.98. The Morgan fingerprint density at radius 1 is 1.29 bits per heavy atom. The van der Waals surface area contributed by atoms with Crippen molar-refractivity contribution < 1.29 is 9.90 Å². The molecule has 5 nitrogen and oxygen atoms in total. The fourth-order valence-corrected chi connectivity index (χ4v) is 2.86. The summed E-state index contributed by atoms with van der Waals surface area (Å²) < 4.78 is 0. The molecule has 2 heterocycles. The summed E-state index contributed by atoms with van der Waals surface area (Å²) in [7, 11) is 0. The summed E-state index contributed by atoms with van der Waals surface area (Å²) in [6.45, 7) is 4.71. The van der Waals surface area contributed by atoms with Gasteiger partial charge in [0.2, 0.25) is 0 Å². The Balaban J connectivity index is 1.90. The van der Waals surface area contributed by atoms with E-state index in [1.807, 2.05) is 44.2 Å². The lowest BCUT2D eigenvalue weighted by atomic mass is 10.1. The number of aryl methyl sites for hydroxylation is 2. The first kappa shape index (κ1) is 16.2. The Hall–Kier alpha value is -2.66. The molecule has 0 aliphatic rings. The Morgan fingerprint density at radius 3 is 2.83 bits per heavy atom. The number of pyridine rings is 1. The molecule has 3 aromatic rings. The van der Waals surface area contributed by atoms with Crippen LogP contribution < -0.4 is 0 Å². The molecule has 0 bridgehead atoms. The van der Waals surface area contributed by atoms with E-state index >= 15 is 0 Å². The molecule has 0 radical (unpaired) electrons. The maximum Gasteiger partial charge on any atom is 0.254 e. The topological polar surface area (TPSA) is 69.2 Å². The molecule has 0 spiro atoms. The molecule has 0 atom stereocenters. The Bertz CT molecular complexity index is 856. The van der Waals surface area contributed by atoms with Crippen LogP contribution in [0.3, 0.4) is 0 Å². The number of H-pyrrole nitrogens is 1. The molecule has 2 aromatic heterocycles. The number of amides is 1. The third-order valence-corrected chi connectivity index (χ3v) is 4.31. The molecule has 0 fully saturated rings. The molecular formula is C19H21N3O2. The van der Waals surface area contributed by atoms with Crippen LogP contribution in [0, 0.1) is 13.8 Å². The van der Waals surface area contributed by atoms with Crippen LogP contribution in [-0.4, -0.2) is 39.0 Å². The SMILES string of the molecule is Cc1[nH]c2ccc(C(=O)N(CCO)Cc3cccnc3)cc2c1C. The number of aliphatic hydroxyl groups excluding tert-OH is 1. The molecule has 1 aromatic carbocycles. The van der Waals surface area contributed by atoms with E-state index in [1.54, 1.807) is 17.3 Å². The fraction of sp³-hybridized carbons (Fsp3) is 0.263. The first-order chi connectivity index (χ1) is 11.6. The van der Waals surface area contributed by atoms with Gasteiger partial charge < -0.3 is 15.0 Å². The second kappa shape index (κ2) is 6.84. The lowest BCUT2D eigenvalue weighted by Crippen LogP contribution is -2.33. The molecule has 0 saturated heterocycles. The predicted molar refractivity (Wildman–Crippen MR) is 93.8 cm³/mol. The zero-order valence-electron chi connectivity index (χ0n) is 13.9. The summed E-state index contributed by atoms with van der Waals surface area (Å²) in [4.78, 5) is 21.9. The number of rotatable bonds is 5. The van der Waals surface area contributed by atoms with Crippen LogP contribution in [0.15, 0.2) is 42.7 Å². The van der Waals surface area contributed by atoms with Gasteiger partial charge in [-0.3, -0.25) is 9.78 Å². The minimum atomic E-state index is -0.0898. The van der Waals surface area contributed by atoms with E-state index in [2.05, 4.69) is 9.97 Å². The van der Waals surface area contributed by atoms with E-state index in [1.165, 1.54) is 0 Å². The predicted octanol–water partition coefficient (Wildman–Crippen LogP) is 2.81. The van der Waals surface area contributed by atoms with Gasteiger partial charge in [-0.15, -0.1) is 0 Å². The van der Waals surface area contributed by atoms with Gasteiger partial charge in [0.05, 0.1) is 6.61 Å². The van der Waals surface area contributed by atoms with Gasteiger partial charge in [0, 0.05) is 47.6 Å². The highest BCUT2D eigenvalue weighted by Gasteiger charge is 2.17. The van der Waals surface area contributed by atoms with Crippen molar-refractivity contribution in [1.82, 2.24) is 14.9 Å². The van der Waals surface area contributed by atoms with Crippen LogP contribution in [-0.2, 0) is 6.54 Å². The second-order valence-corrected chi connectivity index (χ2v) is 5.95. The summed E-state index contributed by atoms with van der Waals surface area (Å²) >= 11 is 0. The highest BCUT2D eigenvalue weighted by Crippen LogP contribution is 2.23. The number of nitrogens with zero attached hydrogens (tertiary/aromatic N) is 2. The normalized spacial score (nSPS) is 11.0. The van der Waals surface area contributed by atoms with E-state index in [4.69, 9.17) is 0 Å². The summed E-state index contributed by atoms with van der Waals surface area (Å²) in [5.41, 5.74) is 4.86. The molecule has 124 valence electrons. The van der Waals surface area contributed by atoms with Crippen LogP contribution in [0.2, 0.25) is 0 Å². The van der Waals surface area contributed by atoms with Crippen molar-refractivity contribution in [3.8, 4) is 0 Å². The standard InChI is InChI=1S/C19H21N3O2/c1-13-14(2)21-18-6-5-16(10-17(13)18)19(24)22(8-9-23)12-15-4-3-7-20-11-15/h3-7,10-11,21,23H,8-9,12H2,1-2H3.